The molecule has 1 aliphatic rings. The van der Waals surface area contributed by atoms with Crippen molar-refractivity contribution in [3.63, 3.8) is 0 Å². The van der Waals surface area contributed by atoms with Gasteiger partial charge >= 0.3 is 0 Å². The molecule has 1 aromatic rings. The third kappa shape index (κ3) is 5.99. The Kier molecular flexibility index (Phi) is 7.62. The molecule has 138 valence electrons. The molecule has 0 spiro atoms. The normalized spacial score (nSPS) is 17.8. The second-order valence-electron chi connectivity index (χ2n) is 5.99. The molecule has 1 atom stereocenters. The molecule has 1 aromatic carbocycles. The van der Waals surface area contributed by atoms with Gasteiger partial charge in [0.15, 0.2) is 5.96 Å². The Morgan fingerprint density at radius 3 is 2.80 bits per heavy atom. The number of aliphatic imine (C=N–C) groups is 1. The van der Waals surface area contributed by atoms with Crippen LogP contribution >= 0.6 is 0 Å². The van der Waals surface area contributed by atoms with Gasteiger partial charge in [0.05, 0.1) is 24.7 Å². The Balaban J connectivity index is 1.77. The Morgan fingerprint density at radius 1 is 1.40 bits per heavy atom. The molecule has 0 aromatic heterocycles. The van der Waals surface area contributed by atoms with Crippen molar-refractivity contribution >= 4 is 11.6 Å². The molecule has 8 nitrogen and oxygen atoms in total. The lowest BCUT2D eigenvalue weighted by Crippen LogP contribution is -2.39. The summed E-state index contributed by atoms with van der Waals surface area (Å²) in [6, 6.07) is 6.55. The van der Waals surface area contributed by atoms with E-state index in [1.165, 1.54) is 12.1 Å². The summed E-state index contributed by atoms with van der Waals surface area (Å²) in [5.41, 5.74) is 1.08. The predicted molar refractivity (Wildman–Crippen MR) is 95.7 cm³/mol. The Hall–Kier alpha value is -2.19. The molecule has 8 heteroatoms. The van der Waals surface area contributed by atoms with Crippen molar-refractivity contribution in [1.82, 2.24) is 10.2 Å². The number of ether oxygens (including phenoxy) is 2. The summed E-state index contributed by atoms with van der Waals surface area (Å²) in [7, 11) is 3.43. The number of non-ortho nitro benzene ring substituents is 1. The van der Waals surface area contributed by atoms with Crippen molar-refractivity contribution in [1.29, 1.82) is 0 Å². The molecule has 1 N–H and O–H groups in total. The van der Waals surface area contributed by atoms with Gasteiger partial charge in [0.1, 0.15) is 0 Å². The second-order valence-corrected chi connectivity index (χ2v) is 5.99. The van der Waals surface area contributed by atoms with E-state index in [4.69, 9.17) is 9.47 Å². The van der Waals surface area contributed by atoms with Crippen LogP contribution in [0.1, 0.15) is 12.0 Å². The number of hydrogen-bond acceptors (Lipinski definition) is 5. The van der Waals surface area contributed by atoms with Crippen molar-refractivity contribution in [3.8, 4) is 0 Å². The molecular weight excluding hydrogens is 324 g/mol. The number of guanidine groups is 1. The summed E-state index contributed by atoms with van der Waals surface area (Å²) in [4.78, 5) is 16.8. The lowest BCUT2D eigenvalue weighted by atomic mass is 10.1. The van der Waals surface area contributed by atoms with Gasteiger partial charge in [-0.3, -0.25) is 15.1 Å². The van der Waals surface area contributed by atoms with E-state index in [0.29, 0.717) is 25.7 Å². The zero-order chi connectivity index (χ0) is 18.1. The monoisotopic (exact) mass is 350 g/mol. The maximum Gasteiger partial charge on any atom is 0.269 e. The highest BCUT2D eigenvalue weighted by Crippen LogP contribution is 2.17. The molecule has 0 saturated carbocycles. The quantitative estimate of drug-likeness (QED) is 0.252. The number of benzene rings is 1. The number of hydrogen-bond donors (Lipinski definition) is 1. The van der Waals surface area contributed by atoms with E-state index in [0.717, 1.165) is 37.6 Å². The van der Waals surface area contributed by atoms with Crippen molar-refractivity contribution < 1.29 is 14.4 Å². The zero-order valence-corrected chi connectivity index (χ0v) is 14.8. The maximum atomic E-state index is 10.7. The molecule has 2 rings (SSSR count). The first-order chi connectivity index (χ1) is 12.1. The van der Waals surface area contributed by atoms with Crippen LogP contribution < -0.4 is 5.32 Å². The minimum Gasteiger partial charge on any atom is -0.382 e. The fourth-order valence-electron chi connectivity index (χ4n) is 2.80. The van der Waals surface area contributed by atoms with Crippen molar-refractivity contribution in [3.05, 3.63) is 39.9 Å². The summed E-state index contributed by atoms with van der Waals surface area (Å²) in [6.07, 6.45) is 1.07. The van der Waals surface area contributed by atoms with Gasteiger partial charge in [0.25, 0.3) is 5.69 Å². The average molecular weight is 350 g/mol. The van der Waals surface area contributed by atoms with Gasteiger partial charge in [0, 0.05) is 51.8 Å². The smallest absolute Gasteiger partial charge is 0.269 e. The van der Waals surface area contributed by atoms with Crippen LogP contribution in [0, 0.1) is 16.0 Å². The first-order valence-corrected chi connectivity index (χ1v) is 8.39. The van der Waals surface area contributed by atoms with E-state index in [1.54, 1.807) is 26.3 Å². The Morgan fingerprint density at radius 2 is 2.16 bits per heavy atom. The molecule has 1 fully saturated rings. The molecule has 0 amide bonds. The average Bonchev–Trinajstić information content (AvgIpc) is 3.08. The lowest BCUT2D eigenvalue weighted by Gasteiger charge is -2.21. The van der Waals surface area contributed by atoms with Crippen LogP contribution in [0.15, 0.2) is 29.3 Å². The first-order valence-electron chi connectivity index (χ1n) is 8.39. The fraction of sp³-hybridized carbons (Fsp3) is 0.588. The molecule has 0 radical (unpaired) electrons. The summed E-state index contributed by atoms with van der Waals surface area (Å²) < 4.78 is 10.6. The van der Waals surface area contributed by atoms with Crippen LogP contribution in [0.4, 0.5) is 5.69 Å². The van der Waals surface area contributed by atoms with E-state index >= 15 is 0 Å². The first kappa shape index (κ1) is 19.1. The standard InChI is InChI=1S/C17H26N4O4/c1-18-17(19-11-14-3-5-16(6-4-14)21(22)23)20-8-7-15(12-20)13-25-10-9-24-2/h3-6,15H,7-13H2,1-2H3,(H,18,19). The highest BCUT2D eigenvalue weighted by atomic mass is 16.6. The minimum absolute atomic E-state index is 0.101. The minimum atomic E-state index is -0.394. The predicted octanol–water partition coefficient (Wildman–Crippen LogP) is 1.66. The molecule has 1 aliphatic heterocycles. The molecule has 1 saturated heterocycles. The summed E-state index contributed by atoms with van der Waals surface area (Å²) in [5, 5.41) is 14.0. The van der Waals surface area contributed by atoms with Gasteiger partial charge in [-0.15, -0.1) is 0 Å². The number of nitrogens with one attached hydrogen (secondary N) is 1. The third-order valence-corrected chi connectivity index (χ3v) is 4.18. The van der Waals surface area contributed by atoms with Gasteiger partial charge < -0.3 is 19.7 Å². The van der Waals surface area contributed by atoms with Gasteiger partial charge in [-0.25, -0.2) is 0 Å². The van der Waals surface area contributed by atoms with E-state index < -0.39 is 4.92 Å². The second kappa shape index (κ2) is 9.95. The van der Waals surface area contributed by atoms with Gasteiger partial charge in [0.2, 0.25) is 0 Å². The number of likely N-dealkylation sites (tertiary alicyclic amines) is 1. The van der Waals surface area contributed by atoms with Gasteiger partial charge in [-0.05, 0) is 12.0 Å². The summed E-state index contributed by atoms with van der Waals surface area (Å²) >= 11 is 0. The van der Waals surface area contributed by atoms with Gasteiger partial charge in [-0.2, -0.15) is 0 Å². The third-order valence-electron chi connectivity index (χ3n) is 4.18. The molecule has 1 heterocycles. The topological polar surface area (TPSA) is 89.2 Å². The SMILES string of the molecule is CN=C(NCc1ccc([N+](=O)[O-])cc1)N1CCC(COCCOC)C1. The molecule has 1 unspecified atom stereocenters. The van der Waals surface area contributed by atoms with Crippen LogP contribution in [-0.2, 0) is 16.0 Å². The van der Waals surface area contributed by atoms with E-state index in [9.17, 15) is 10.1 Å². The number of nitrogens with zero attached hydrogens (tertiary/aromatic N) is 3. The molecular formula is C17H26N4O4. The largest absolute Gasteiger partial charge is 0.382 e. The number of nitro groups is 1. The number of nitro benzene ring substituents is 1. The lowest BCUT2D eigenvalue weighted by molar-refractivity contribution is -0.384. The highest BCUT2D eigenvalue weighted by Gasteiger charge is 2.24. The zero-order valence-electron chi connectivity index (χ0n) is 14.8. The number of methoxy groups -OCH3 is 1. The van der Waals surface area contributed by atoms with Crippen molar-refractivity contribution in [2.24, 2.45) is 10.9 Å². The Bertz CT molecular complexity index is 577. The van der Waals surface area contributed by atoms with Crippen LogP contribution in [0.3, 0.4) is 0 Å². The Labute approximate surface area is 148 Å². The van der Waals surface area contributed by atoms with Crippen LogP contribution in [0.25, 0.3) is 0 Å². The van der Waals surface area contributed by atoms with Crippen LogP contribution in [-0.4, -0.2) is 62.9 Å². The van der Waals surface area contributed by atoms with E-state index in [2.05, 4.69) is 15.2 Å². The molecule has 0 aliphatic carbocycles. The van der Waals surface area contributed by atoms with Crippen molar-refractivity contribution in [2.45, 2.75) is 13.0 Å². The molecule has 0 bridgehead atoms. The van der Waals surface area contributed by atoms with Crippen LogP contribution in [0.5, 0.6) is 0 Å². The van der Waals surface area contributed by atoms with E-state index in [-0.39, 0.29) is 5.69 Å². The summed E-state index contributed by atoms with van der Waals surface area (Å²) in [5.74, 6) is 1.34. The molecule has 25 heavy (non-hydrogen) atoms. The van der Waals surface area contributed by atoms with Crippen LogP contribution in [0.2, 0.25) is 0 Å². The number of rotatable bonds is 8. The summed E-state index contributed by atoms with van der Waals surface area (Å²) in [6.45, 7) is 4.41. The highest BCUT2D eigenvalue weighted by molar-refractivity contribution is 5.80. The van der Waals surface area contributed by atoms with E-state index in [1.807, 2.05) is 0 Å². The fourth-order valence-corrected chi connectivity index (χ4v) is 2.80. The van der Waals surface area contributed by atoms with Gasteiger partial charge in [-0.1, -0.05) is 12.1 Å². The maximum absolute atomic E-state index is 10.7. The van der Waals surface area contributed by atoms with Crippen molar-refractivity contribution in [2.75, 3.05) is 47.1 Å².